The number of anilines is 1. The van der Waals surface area contributed by atoms with Gasteiger partial charge < -0.3 is 15.5 Å². The summed E-state index contributed by atoms with van der Waals surface area (Å²) in [6, 6.07) is 8.58. The molecule has 3 N–H and O–H groups in total. The van der Waals surface area contributed by atoms with Gasteiger partial charge in [0.15, 0.2) is 0 Å². The van der Waals surface area contributed by atoms with Gasteiger partial charge in [0, 0.05) is 12.2 Å². The molecule has 0 aliphatic carbocycles. The van der Waals surface area contributed by atoms with Crippen molar-refractivity contribution >= 4 is 43.5 Å². The van der Waals surface area contributed by atoms with Crippen LogP contribution in [0.15, 0.2) is 39.3 Å². The molecule has 0 amide bonds. The van der Waals surface area contributed by atoms with Gasteiger partial charge in [0.05, 0.1) is 14.5 Å². The van der Waals surface area contributed by atoms with Crippen LogP contribution in [0, 0.1) is 6.92 Å². The number of phenolic OH excluding ortho intramolecular Hbond substituents is 1. The van der Waals surface area contributed by atoms with E-state index in [1.54, 1.807) is 18.2 Å². The number of carbonyl (C=O) groups is 1. The van der Waals surface area contributed by atoms with Gasteiger partial charge in [-0.2, -0.15) is 0 Å². The van der Waals surface area contributed by atoms with Crippen molar-refractivity contribution in [3.05, 3.63) is 56.0 Å². The third-order valence-electron chi connectivity index (χ3n) is 3.04. The Morgan fingerprint density at radius 1 is 1.19 bits per heavy atom. The average Bonchev–Trinajstić information content (AvgIpc) is 2.43. The van der Waals surface area contributed by atoms with Gasteiger partial charge in [-0.25, -0.2) is 4.79 Å². The van der Waals surface area contributed by atoms with Crippen LogP contribution in [0.2, 0.25) is 0 Å². The Bertz CT molecular complexity index is 678. The molecule has 2 aromatic rings. The molecule has 0 fully saturated rings. The third-order valence-corrected chi connectivity index (χ3v) is 4.25. The van der Waals surface area contributed by atoms with Crippen LogP contribution in [-0.2, 0) is 6.54 Å². The molecule has 0 unspecified atom stereocenters. The molecule has 0 radical (unpaired) electrons. The molecule has 2 rings (SSSR count). The quantitative estimate of drug-likeness (QED) is 0.687. The molecule has 0 aromatic heterocycles. The normalized spacial score (nSPS) is 10.4. The largest absolute Gasteiger partial charge is 0.506 e. The van der Waals surface area contributed by atoms with E-state index in [0.717, 1.165) is 16.8 Å². The summed E-state index contributed by atoms with van der Waals surface area (Å²) in [4.78, 5) is 11.0. The van der Waals surface area contributed by atoms with Gasteiger partial charge in [-0.05, 0) is 74.2 Å². The lowest BCUT2D eigenvalue weighted by Crippen LogP contribution is -2.04. The summed E-state index contributed by atoms with van der Waals surface area (Å²) in [5.74, 6) is -0.795. The summed E-state index contributed by atoms with van der Waals surface area (Å²) >= 11 is 6.57. The van der Waals surface area contributed by atoms with Gasteiger partial charge in [-0.15, -0.1) is 0 Å². The van der Waals surface area contributed by atoms with Crippen LogP contribution in [0.5, 0.6) is 5.75 Å². The highest BCUT2D eigenvalue weighted by atomic mass is 79.9. The van der Waals surface area contributed by atoms with E-state index in [9.17, 15) is 9.90 Å². The molecule has 2 aromatic carbocycles. The number of aromatic hydroxyl groups is 1. The zero-order chi connectivity index (χ0) is 15.6. The maximum Gasteiger partial charge on any atom is 0.335 e. The van der Waals surface area contributed by atoms with Gasteiger partial charge in [0.1, 0.15) is 5.75 Å². The maximum atomic E-state index is 11.0. The Morgan fingerprint density at radius 2 is 1.81 bits per heavy atom. The molecule has 6 heteroatoms. The average molecular weight is 415 g/mol. The Hall–Kier alpha value is -1.53. The number of phenols is 1. The van der Waals surface area contributed by atoms with Crippen molar-refractivity contribution in [2.45, 2.75) is 13.5 Å². The van der Waals surface area contributed by atoms with E-state index in [1.807, 2.05) is 19.1 Å². The molecule has 0 saturated heterocycles. The van der Waals surface area contributed by atoms with Crippen LogP contribution >= 0.6 is 31.9 Å². The van der Waals surface area contributed by atoms with Crippen LogP contribution in [-0.4, -0.2) is 16.2 Å². The number of benzene rings is 2. The van der Waals surface area contributed by atoms with Gasteiger partial charge >= 0.3 is 5.97 Å². The standard InChI is InChI=1S/C15H13Br2NO3/c1-8-2-3-10(15(20)21)6-13(8)18-7-9-4-11(16)14(19)12(17)5-9/h2-6,18-19H,7H2,1H3,(H,20,21). The molecule has 0 bridgehead atoms. The summed E-state index contributed by atoms with van der Waals surface area (Å²) in [5.41, 5.74) is 2.94. The first kappa shape index (κ1) is 15.9. The lowest BCUT2D eigenvalue weighted by molar-refractivity contribution is 0.0697. The van der Waals surface area contributed by atoms with Crippen LogP contribution < -0.4 is 5.32 Å². The zero-order valence-electron chi connectivity index (χ0n) is 11.2. The first-order valence-electron chi connectivity index (χ1n) is 6.13. The van der Waals surface area contributed by atoms with Crippen molar-refractivity contribution in [2.24, 2.45) is 0 Å². The minimum absolute atomic E-state index is 0.155. The van der Waals surface area contributed by atoms with E-state index < -0.39 is 5.97 Å². The number of aromatic carboxylic acids is 1. The van der Waals surface area contributed by atoms with Crippen LogP contribution in [0.1, 0.15) is 21.5 Å². The summed E-state index contributed by atoms with van der Waals surface area (Å²) in [6.07, 6.45) is 0. The van der Waals surface area contributed by atoms with Gasteiger partial charge in [0.2, 0.25) is 0 Å². The highest BCUT2D eigenvalue weighted by molar-refractivity contribution is 9.11. The van der Waals surface area contributed by atoms with E-state index in [1.165, 1.54) is 0 Å². The number of hydrogen-bond donors (Lipinski definition) is 3. The molecule has 21 heavy (non-hydrogen) atoms. The fourth-order valence-corrected chi connectivity index (χ4v) is 3.14. The van der Waals surface area contributed by atoms with Crippen molar-refractivity contribution in [1.82, 2.24) is 0 Å². The van der Waals surface area contributed by atoms with Crippen molar-refractivity contribution in [2.75, 3.05) is 5.32 Å². The van der Waals surface area contributed by atoms with E-state index >= 15 is 0 Å². The number of carboxylic acid groups (broad SMARTS) is 1. The predicted octanol–water partition coefficient (Wildman–Crippen LogP) is 4.54. The van der Waals surface area contributed by atoms with Crippen LogP contribution in [0.25, 0.3) is 0 Å². The number of halogens is 2. The second kappa shape index (κ2) is 6.49. The Balaban J connectivity index is 2.20. The number of nitrogens with one attached hydrogen (secondary N) is 1. The molecule has 0 atom stereocenters. The smallest absolute Gasteiger partial charge is 0.335 e. The second-order valence-electron chi connectivity index (χ2n) is 4.60. The number of rotatable bonds is 4. The fourth-order valence-electron chi connectivity index (χ4n) is 1.86. The summed E-state index contributed by atoms with van der Waals surface area (Å²) in [5, 5.41) is 21.9. The molecular weight excluding hydrogens is 402 g/mol. The Labute approximate surface area is 139 Å². The first-order chi connectivity index (χ1) is 9.88. The molecule has 0 heterocycles. The van der Waals surface area contributed by atoms with Crippen molar-refractivity contribution in [3.8, 4) is 5.75 Å². The van der Waals surface area contributed by atoms with E-state index in [2.05, 4.69) is 37.2 Å². The maximum absolute atomic E-state index is 11.0. The van der Waals surface area contributed by atoms with Crippen molar-refractivity contribution in [3.63, 3.8) is 0 Å². The highest BCUT2D eigenvalue weighted by Gasteiger charge is 2.08. The van der Waals surface area contributed by atoms with E-state index in [4.69, 9.17) is 5.11 Å². The topological polar surface area (TPSA) is 69.6 Å². The van der Waals surface area contributed by atoms with Gasteiger partial charge in [-0.1, -0.05) is 6.07 Å². The highest BCUT2D eigenvalue weighted by Crippen LogP contribution is 2.33. The van der Waals surface area contributed by atoms with Gasteiger partial charge in [0.25, 0.3) is 0 Å². The summed E-state index contributed by atoms with van der Waals surface area (Å²) in [7, 11) is 0. The minimum atomic E-state index is -0.951. The SMILES string of the molecule is Cc1ccc(C(=O)O)cc1NCc1cc(Br)c(O)c(Br)c1. The van der Waals surface area contributed by atoms with Crippen molar-refractivity contribution < 1.29 is 15.0 Å². The second-order valence-corrected chi connectivity index (χ2v) is 6.31. The molecule has 0 aliphatic rings. The molecule has 110 valence electrons. The van der Waals surface area contributed by atoms with Crippen LogP contribution in [0.4, 0.5) is 5.69 Å². The zero-order valence-corrected chi connectivity index (χ0v) is 14.3. The van der Waals surface area contributed by atoms with E-state index in [-0.39, 0.29) is 11.3 Å². The Morgan fingerprint density at radius 3 is 2.38 bits per heavy atom. The number of hydrogen-bond acceptors (Lipinski definition) is 3. The van der Waals surface area contributed by atoms with Gasteiger partial charge in [-0.3, -0.25) is 0 Å². The third kappa shape index (κ3) is 3.77. The Kier molecular flexibility index (Phi) is 4.90. The molecule has 0 aliphatic heterocycles. The van der Waals surface area contributed by atoms with Crippen molar-refractivity contribution in [1.29, 1.82) is 0 Å². The molecule has 0 spiro atoms. The number of aryl methyl sites for hydroxylation is 1. The molecular formula is C15H13Br2NO3. The lowest BCUT2D eigenvalue weighted by atomic mass is 10.1. The minimum Gasteiger partial charge on any atom is -0.506 e. The summed E-state index contributed by atoms with van der Waals surface area (Å²) < 4.78 is 1.20. The first-order valence-corrected chi connectivity index (χ1v) is 7.72. The van der Waals surface area contributed by atoms with Crippen LogP contribution in [0.3, 0.4) is 0 Å². The number of carboxylic acids is 1. The fraction of sp³-hybridized carbons (Fsp3) is 0.133. The molecule has 4 nitrogen and oxygen atoms in total. The summed E-state index contributed by atoms with van der Waals surface area (Å²) in [6.45, 7) is 2.43. The monoisotopic (exact) mass is 413 g/mol. The predicted molar refractivity (Wildman–Crippen MR) is 89.0 cm³/mol. The lowest BCUT2D eigenvalue weighted by Gasteiger charge is -2.12. The molecule has 0 saturated carbocycles. The van der Waals surface area contributed by atoms with E-state index in [0.29, 0.717) is 15.5 Å².